The van der Waals surface area contributed by atoms with Crippen molar-refractivity contribution in [3.05, 3.63) is 17.5 Å². The lowest BCUT2D eigenvalue weighted by Gasteiger charge is -2.14. The summed E-state index contributed by atoms with van der Waals surface area (Å²) < 4.78 is 2.12. The molecular weight excluding hydrogens is 210 g/mol. The lowest BCUT2D eigenvalue weighted by Crippen LogP contribution is -2.26. The van der Waals surface area contributed by atoms with E-state index in [1.54, 1.807) is 0 Å². The lowest BCUT2D eigenvalue weighted by molar-refractivity contribution is 0.460. The summed E-state index contributed by atoms with van der Waals surface area (Å²) >= 11 is 0. The van der Waals surface area contributed by atoms with Crippen LogP contribution in [0.2, 0.25) is 0 Å². The molecule has 0 aliphatic carbocycles. The van der Waals surface area contributed by atoms with Gasteiger partial charge in [0.25, 0.3) is 0 Å². The topological polar surface area (TPSA) is 29.9 Å². The van der Waals surface area contributed by atoms with Gasteiger partial charge in [-0.3, -0.25) is 4.68 Å². The summed E-state index contributed by atoms with van der Waals surface area (Å²) in [4.78, 5) is 0. The van der Waals surface area contributed by atoms with Crippen molar-refractivity contribution >= 4 is 0 Å². The number of nitrogens with zero attached hydrogens (tertiary/aromatic N) is 2. The molecule has 0 amide bonds. The highest BCUT2D eigenvalue weighted by Gasteiger charge is 2.09. The Labute approximate surface area is 106 Å². The number of hydrogen-bond donors (Lipinski definition) is 1. The Morgan fingerprint density at radius 1 is 1.29 bits per heavy atom. The summed E-state index contributed by atoms with van der Waals surface area (Å²) in [5.41, 5.74) is 2.49. The van der Waals surface area contributed by atoms with Crippen molar-refractivity contribution in [1.82, 2.24) is 15.1 Å². The van der Waals surface area contributed by atoms with E-state index >= 15 is 0 Å². The van der Waals surface area contributed by atoms with E-state index < -0.39 is 0 Å². The van der Waals surface area contributed by atoms with Crippen molar-refractivity contribution in [3.63, 3.8) is 0 Å². The van der Waals surface area contributed by atoms with E-state index in [0.29, 0.717) is 5.92 Å². The van der Waals surface area contributed by atoms with Gasteiger partial charge in [-0.1, -0.05) is 20.8 Å². The zero-order chi connectivity index (χ0) is 12.8. The summed E-state index contributed by atoms with van der Waals surface area (Å²) in [6.45, 7) is 14.2. The Kier molecular flexibility index (Phi) is 5.69. The molecule has 0 aliphatic heterocycles. The number of aryl methyl sites for hydroxylation is 2. The second-order valence-electron chi connectivity index (χ2n) is 5.45. The standard InChI is InChI=1S/C14H27N3/c1-6-17-14(8-13(5)16-17)7-12(4)10-15-9-11(2)3/h8,11-12,15H,6-7,9-10H2,1-5H3. The van der Waals surface area contributed by atoms with Crippen LogP contribution in [0, 0.1) is 18.8 Å². The van der Waals surface area contributed by atoms with Crippen molar-refractivity contribution < 1.29 is 0 Å². The summed E-state index contributed by atoms with van der Waals surface area (Å²) in [6, 6.07) is 2.21. The maximum Gasteiger partial charge on any atom is 0.0596 e. The van der Waals surface area contributed by atoms with Gasteiger partial charge >= 0.3 is 0 Å². The third kappa shape index (κ3) is 4.90. The van der Waals surface area contributed by atoms with Crippen molar-refractivity contribution in [3.8, 4) is 0 Å². The Morgan fingerprint density at radius 3 is 2.59 bits per heavy atom. The van der Waals surface area contributed by atoms with Crippen LogP contribution in [0.4, 0.5) is 0 Å². The summed E-state index contributed by atoms with van der Waals surface area (Å²) in [5, 5.41) is 8.01. The van der Waals surface area contributed by atoms with Gasteiger partial charge in [-0.05, 0) is 51.3 Å². The molecular formula is C14H27N3. The first kappa shape index (κ1) is 14.2. The second kappa shape index (κ2) is 6.80. The number of rotatable bonds is 7. The van der Waals surface area contributed by atoms with E-state index in [0.717, 1.165) is 37.7 Å². The van der Waals surface area contributed by atoms with Crippen molar-refractivity contribution in [2.24, 2.45) is 11.8 Å². The van der Waals surface area contributed by atoms with E-state index in [4.69, 9.17) is 0 Å². The highest BCUT2D eigenvalue weighted by Crippen LogP contribution is 2.10. The molecule has 1 heterocycles. The monoisotopic (exact) mass is 237 g/mol. The van der Waals surface area contributed by atoms with Gasteiger partial charge in [0, 0.05) is 12.2 Å². The van der Waals surface area contributed by atoms with Gasteiger partial charge in [-0.25, -0.2) is 0 Å². The average Bonchev–Trinajstić information content (AvgIpc) is 2.58. The SMILES string of the molecule is CCn1nc(C)cc1CC(C)CNCC(C)C. The first-order chi connectivity index (χ1) is 8.02. The Balaban J connectivity index is 2.41. The van der Waals surface area contributed by atoms with E-state index in [-0.39, 0.29) is 0 Å². The minimum atomic E-state index is 0.662. The van der Waals surface area contributed by atoms with Gasteiger partial charge in [-0.2, -0.15) is 5.10 Å². The molecule has 98 valence electrons. The summed E-state index contributed by atoms with van der Waals surface area (Å²) in [7, 11) is 0. The third-order valence-electron chi connectivity index (χ3n) is 2.89. The molecule has 3 heteroatoms. The van der Waals surface area contributed by atoms with Gasteiger partial charge in [0.1, 0.15) is 0 Å². The zero-order valence-corrected chi connectivity index (χ0v) is 12.0. The predicted octanol–water partition coefficient (Wildman–Crippen LogP) is 2.64. The number of aromatic nitrogens is 2. The molecule has 0 bridgehead atoms. The maximum atomic E-state index is 4.49. The lowest BCUT2D eigenvalue weighted by atomic mass is 10.0. The van der Waals surface area contributed by atoms with Crippen LogP contribution in [0.25, 0.3) is 0 Å². The van der Waals surface area contributed by atoms with Crippen LogP contribution in [0.15, 0.2) is 6.07 Å². The molecule has 1 atom stereocenters. The second-order valence-corrected chi connectivity index (χ2v) is 5.45. The van der Waals surface area contributed by atoms with Crippen LogP contribution >= 0.6 is 0 Å². The number of nitrogens with one attached hydrogen (secondary N) is 1. The van der Waals surface area contributed by atoms with E-state index in [1.807, 2.05) is 0 Å². The largest absolute Gasteiger partial charge is 0.316 e. The third-order valence-corrected chi connectivity index (χ3v) is 2.89. The molecule has 1 unspecified atom stereocenters. The van der Waals surface area contributed by atoms with Gasteiger partial charge in [-0.15, -0.1) is 0 Å². The molecule has 3 nitrogen and oxygen atoms in total. The van der Waals surface area contributed by atoms with E-state index in [2.05, 4.69) is 55.8 Å². The fourth-order valence-electron chi connectivity index (χ4n) is 2.08. The van der Waals surface area contributed by atoms with Gasteiger partial charge < -0.3 is 5.32 Å². The quantitative estimate of drug-likeness (QED) is 0.790. The minimum absolute atomic E-state index is 0.662. The molecule has 0 saturated heterocycles. The molecule has 0 saturated carbocycles. The predicted molar refractivity (Wildman–Crippen MR) is 73.2 cm³/mol. The molecule has 0 fully saturated rings. The molecule has 1 aromatic rings. The summed E-state index contributed by atoms with van der Waals surface area (Å²) in [5.74, 6) is 1.39. The Morgan fingerprint density at radius 2 is 2.00 bits per heavy atom. The number of hydrogen-bond acceptors (Lipinski definition) is 2. The van der Waals surface area contributed by atoms with Crippen molar-refractivity contribution in [2.75, 3.05) is 13.1 Å². The molecule has 1 rings (SSSR count). The van der Waals surface area contributed by atoms with Crippen LogP contribution in [0.5, 0.6) is 0 Å². The Bertz CT molecular complexity index is 328. The fraction of sp³-hybridized carbons (Fsp3) is 0.786. The van der Waals surface area contributed by atoms with Gasteiger partial charge in [0.05, 0.1) is 5.69 Å². The molecule has 0 aliphatic rings. The van der Waals surface area contributed by atoms with Gasteiger partial charge in [0.2, 0.25) is 0 Å². The average molecular weight is 237 g/mol. The highest BCUT2D eigenvalue weighted by atomic mass is 15.3. The zero-order valence-electron chi connectivity index (χ0n) is 12.0. The first-order valence-corrected chi connectivity index (χ1v) is 6.77. The van der Waals surface area contributed by atoms with Crippen LogP contribution in [-0.4, -0.2) is 22.9 Å². The van der Waals surface area contributed by atoms with Crippen LogP contribution < -0.4 is 5.32 Å². The minimum Gasteiger partial charge on any atom is -0.316 e. The molecule has 0 aromatic carbocycles. The van der Waals surface area contributed by atoms with Crippen LogP contribution in [0.3, 0.4) is 0 Å². The Hall–Kier alpha value is -0.830. The van der Waals surface area contributed by atoms with Crippen LogP contribution in [0.1, 0.15) is 39.1 Å². The first-order valence-electron chi connectivity index (χ1n) is 6.77. The van der Waals surface area contributed by atoms with E-state index in [9.17, 15) is 0 Å². The van der Waals surface area contributed by atoms with E-state index in [1.165, 1.54) is 5.69 Å². The highest BCUT2D eigenvalue weighted by molar-refractivity contribution is 5.09. The smallest absolute Gasteiger partial charge is 0.0596 e. The van der Waals surface area contributed by atoms with Gasteiger partial charge in [0.15, 0.2) is 0 Å². The molecule has 0 radical (unpaired) electrons. The van der Waals surface area contributed by atoms with Crippen LogP contribution in [-0.2, 0) is 13.0 Å². The summed E-state index contributed by atoms with van der Waals surface area (Å²) in [6.07, 6.45) is 1.11. The maximum absolute atomic E-state index is 4.49. The normalized spacial score (nSPS) is 13.3. The molecule has 1 aromatic heterocycles. The molecule has 0 spiro atoms. The van der Waals surface area contributed by atoms with Crippen molar-refractivity contribution in [2.45, 2.75) is 47.6 Å². The molecule has 1 N–H and O–H groups in total. The fourth-order valence-corrected chi connectivity index (χ4v) is 2.08. The van der Waals surface area contributed by atoms with Crippen molar-refractivity contribution in [1.29, 1.82) is 0 Å². The molecule has 17 heavy (non-hydrogen) atoms.